The summed E-state index contributed by atoms with van der Waals surface area (Å²) in [5.41, 5.74) is 2.41. The highest BCUT2D eigenvalue weighted by Crippen LogP contribution is 2.30. The number of sulfone groups is 1. The minimum Gasteiger partial charge on any atom is -0.337 e. The summed E-state index contributed by atoms with van der Waals surface area (Å²) in [6, 6.07) is 12.1. The Morgan fingerprint density at radius 1 is 1.16 bits per heavy atom. The van der Waals surface area contributed by atoms with Crippen LogP contribution >= 0.6 is 11.3 Å². The average Bonchev–Trinajstić information content (AvgIpc) is 3.39. The van der Waals surface area contributed by atoms with E-state index in [1.807, 2.05) is 29.8 Å². The molecule has 4 aromatic rings. The molecule has 160 valence electrons. The highest BCUT2D eigenvalue weighted by atomic mass is 32.2. The zero-order chi connectivity index (χ0) is 22.0. The van der Waals surface area contributed by atoms with Gasteiger partial charge in [0.05, 0.1) is 21.4 Å². The lowest BCUT2D eigenvalue weighted by molar-refractivity contribution is 0.0986. The number of rotatable bonds is 7. The second-order valence-electron chi connectivity index (χ2n) is 7.38. The second kappa shape index (κ2) is 8.60. The Labute approximate surface area is 184 Å². The fourth-order valence-electron chi connectivity index (χ4n) is 3.25. The third kappa shape index (κ3) is 4.83. The summed E-state index contributed by atoms with van der Waals surface area (Å²) in [5.74, 6) is -0.207. The largest absolute Gasteiger partial charge is 0.337 e. The van der Waals surface area contributed by atoms with Gasteiger partial charge in [0.2, 0.25) is 0 Å². The average molecular weight is 455 g/mol. The number of anilines is 1. The first-order valence-corrected chi connectivity index (χ1v) is 12.5. The quantitative estimate of drug-likeness (QED) is 0.422. The molecule has 0 radical (unpaired) electrons. The minimum absolute atomic E-state index is 0.186. The van der Waals surface area contributed by atoms with Gasteiger partial charge < -0.3 is 4.57 Å². The number of amides is 1. The lowest BCUT2D eigenvalue weighted by Gasteiger charge is -2.20. The van der Waals surface area contributed by atoms with Crippen molar-refractivity contribution in [1.82, 2.24) is 14.5 Å². The van der Waals surface area contributed by atoms with Gasteiger partial charge in [-0.25, -0.2) is 18.4 Å². The van der Waals surface area contributed by atoms with E-state index in [9.17, 15) is 13.2 Å². The number of thiazole rings is 1. The van der Waals surface area contributed by atoms with Crippen molar-refractivity contribution in [2.24, 2.45) is 0 Å². The van der Waals surface area contributed by atoms with Crippen molar-refractivity contribution in [2.45, 2.75) is 24.8 Å². The molecule has 4 rings (SSSR count). The molecule has 0 saturated heterocycles. The van der Waals surface area contributed by atoms with Gasteiger partial charge in [0.1, 0.15) is 0 Å². The van der Waals surface area contributed by atoms with Crippen LogP contribution in [-0.2, 0) is 16.4 Å². The van der Waals surface area contributed by atoms with Crippen molar-refractivity contribution >= 4 is 42.4 Å². The Bertz CT molecular complexity index is 1310. The molecule has 0 atom stereocenters. The zero-order valence-electron chi connectivity index (χ0n) is 17.2. The number of nitrogens with zero attached hydrogens (tertiary/aromatic N) is 4. The van der Waals surface area contributed by atoms with E-state index in [0.29, 0.717) is 17.2 Å². The van der Waals surface area contributed by atoms with Crippen molar-refractivity contribution < 1.29 is 13.2 Å². The van der Waals surface area contributed by atoms with Crippen LogP contribution in [0.15, 0.2) is 66.1 Å². The molecule has 0 aliphatic heterocycles. The van der Waals surface area contributed by atoms with Crippen molar-refractivity contribution in [3.05, 3.63) is 72.3 Å². The maximum absolute atomic E-state index is 13.4. The van der Waals surface area contributed by atoms with E-state index < -0.39 is 9.84 Å². The monoisotopic (exact) mass is 454 g/mol. The van der Waals surface area contributed by atoms with E-state index >= 15 is 0 Å². The summed E-state index contributed by atoms with van der Waals surface area (Å²) in [4.78, 5) is 24.0. The maximum atomic E-state index is 13.4. The molecule has 9 heteroatoms. The summed E-state index contributed by atoms with van der Waals surface area (Å²) < 4.78 is 26.5. The van der Waals surface area contributed by atoms with Gasteiger partial charge in [0.15, 0.2) is 15.0 Å². The van der Waals surface area contributed by atoms with Gasteiger partial charge in [-0.15, -0.1) is 0 Å². The number of carbonyl (C=O) groups is 1. The van der Waals surface area contributed by atoms with E-state index in [2.05, 4.69) is 16.0 Å². The normalized spacial score (nSPS) is 11.7. The molecule has 7 nitrogen and oxygen atoms in total. The Kier molecular flexibility index (Phi) is 5.88. The number of imidazole rings is 1. The van der Waals surface area contributed by atoms with E-state index in [-0.39, 0.29) is 10.8 Å². The molecule has 0 aliphatic carbocycles. The zero-order valence-corrected chi connectivity index (χ0v) is 18.9. The van der Waals surface area contributed by atoms with Crippen LogP contribution in [0.3, 0.4) is 0 Å². The van der Waals surface area contributed by atoms with Crippen molar-refractivity contribution in [3.8, 4) is 0 Å². The number of carbonyl (C=O) groups excluding carboxylic acids is 1. The predicted octanol–water partition coefficient (Wildman–Crippen LogP) is 3.94. The lowest BCUT2D eigenvalue weighted by Crippen LogP contribution is -2.32. The van der Waals surface area contributed by atoms with Gasteiger partial charge >= 0.3 is 0 Å². The number of fused-ring (bicyclic) bond motifs is 1. The van der Waals surface area contributed by atoms with Crippen LogP contribution in [0.25, 0.3) is 10.2 Å². The summed E-state index contributed by atoms with van der Waals surface area (Å²) in [5, 5.41) is 0.628. The molecule has 0 fully saturated rings. The fraction of sp³-hybridized carbons (Fsp3) is 0.227. The van der Waals surface area contributed by atoms with Crippen molar-refractivity contribution in [2.75, 3.05) is 17.7 Å². The number of hydrogen-bond acceptors (Lipinski definition) is 6. The summed E-state index contributed by atoms with van der Waals surface area (Å²) in [6.07, 6.45) is 7.23. The maximum Gasteiger partial charge on any atom is 0.260 e. The van der Waals surface area contributed by atoms with Gasteiger partial charge in [0, 0.05) is 37.3 Å². The van der Waals surface area contributed by atoms with Gasteiger partial charge in [-0.2, -0.15) is 0 Å². The molecular weight excluding hydrogens is 432 g/mol. The molecule has 0 unspecified atom stereocenters. The highest BCUT2D eigenvalue weighted by Gasteiger charge is 2.22. The van der Waals surface area contributed by atoms with Gasteiger partial charge in [-0.3, -0.25) is 9.69 Å². The number of hydrogen-bond donors (Lipinski definition) is 0. The first-order chi connectivity index (χ1) is 14.8. The van der Waals surface area contributed by atoms with Crippen molar-refractivity contribution in [1.29, 1.82) is 0 Å². The number of aryl methyl sites for hydroxylation is 2. The highest BCUT2D eigenvalue weighted by molar-refractivity contribution is 7.90. The van der Waals surface area contributed by atoms with Crippen LogP contribution in [0.4, 0.5) is 5.13 Å². The van der Waals surface area contributed by atoms with E-state index in [1.54, 1.807) is 29.6 Å². The number of benzene rings is 2. The van der Waals surface area contributed by atoms with Crippen LogP contribution in [0.1, 0.15) is 22.3 Å². The van der Waals surface area contributed by atoms with Gasteiger partial charge in [0.25, 0.3) is 5.91 Å². The minimum atomic E-state index is -3.32. The van der Waals surface area contributed by atoms with E-state index in [4.69, 9.17) is 0 Å². The standard InChI is InChI=1S/C22H22N4O3S2/c1-16-4-9-19-20(14-16)30-22(24-19)26(12-3-11-25-13-10-23-15-25)21(27)17-5-7-18(8-6-17)31(2,28)29/h4-10,13-15H,3,11-12H2,1-2H3. The molecule has 1 amide bonds. The molecule has 0 aliphatic rings. The molecule has 0 spiro atoms. The Morgan fingerprint density at radius 3 is 2.61 bits per heavy atom. The molecule has 2 aromatic carbocycles. The Hall–Kier alpha value is -3.04. The van der Waals surface area contributed by atoms with Crippen LogP contribution in [0.5, 0.6) is 0 Å². The smallest absolute Gasteiger partial charge is 0.260 e. The third-order valence-corrected chi connectivity index (χ3v) is 7.06. The fourth-order valence-corrected chi connectivity index (χ4v) is 4.97. The Morgan fingerprint density at radius 2 is 1.94 bits per heavy atom. The van der Waals surface area contributed by atoms with Crippen LogP contribution < -0.4 is 4.90 Å². The molecule has 31 heavy (non-hydrogen) atoms. The Balaban J connectivity index is 1.63. The van der Waals surface area contributed by atoms with Crippen LogP contribution in [0, 0.1) is 6.92 Å². The second-order valence-corrected chi connectivity index (χ2v) is 10.4. The van der Waals surface area contributed by atoms with Crippen LogP contribution in [0.2, 0.25) is 0 Å². The lowest BCUT2D eigenvalue weighted by atomic mass is 10.2. The van der Waals surface area contributed by atoms with Gasteiger partial charge in [-0.1, -0.05) is 17.4 Å². The predicted molar refractivity (Wildman–Crippen MR) is 122 cm³/mol. The summed E-state index contributed by atoms with van der Waals surface area (Å²) in [7, 11) is -3.32. The molecule has 2 aromatic heterocycles. The van der Waals surface area contributed by atoms with E-state index in [1.165, 1.54) is 23.5 Å². The summed E-state index contributed by atoms with van der Waals surface area (Å²) >= 11 is 1.48. The van der Waals surface area contributed by atoms with Gasteiger partial charge in [-0.05, 0) is 55.3 Å². The molecule has 0 saturated carbocycles. The topological polar surface area (TPSA) is 85.2 Å². The SMILES string of the molecule is Cc1ccc2nc(N(CCCn3ccnc3)C(=O)c3ccc(S(C)(=O)=O)cc3)sc2c1. The first kappa shape index (κ1) is 21.2. The summed E-state index contributed by atoms with van der Waals surface area (Å²) in [6.45, 7) is 3.22. The first-order valence-electron chi connectivity index (χ1n) is 9.76. The molecule has 0 N–H and O–H groups in total. The van der Waals surface area contributed by atoms with Crippen molar-refractivity contribution in [3.63, 3.8) is 0 Å². The molecular formula is C22H22N4O3S2. The third-order valence-electron chi connectivity index (χ3n) is 4.90. The molecule has 0 bridgehead atoms. The molecule has 2 heterocycles. The van der Waals surface area contributed by atoms with Crippen LogP contribution in [-0.4, -0.2) is 41.7 Å². The number of aromatic nitrogens is 3. The van der Waals surface area contributed by atoms with E-state index in [0.717, 1.165) is 35.0 Å².